The molecule has 12 heteroatoms. The molecule has 0 spiro atoms. The van der Waals surface area contributed by atoms with Crippen molar-refractivity contribution in [1.82, 2.24) is 9.71 Å². The predicted octanol–water partition coefficient (Wildman–Crippen LogP) is 4.19. The molecule has 2 N–H and O–H groups in total. The molecule has 1 atom stereocenters. The summed E-state index contributed by atoms with van der Waals surface area (Å²) in [5.41, 5.74) is 0.135. The Morgan fingerprint density at radius 1 is 1.16 bits per heavy atom. The summed E-state index contributed by atoms with van der Waals surface area (Å²) in [4.78, 5) is 16.7. The number of pyridine rings is 1. The van der Waals surface area contributed by atoms with E-state index >= 15 is 4.39 Å². The minimum atomic E-state index is -4.04. The smallest absolute Gasteiger partial charge is 0.340 e. The molecule has 3 heterocycles. The van der Waals surface area contributed by atoms with Crippen LogP contribution in [0.15, 0.2) is 63.9 Å². The lowest BCUT2D eigenvalue weighted by Gasteiger charge is -2.15. The third-order valence-electron chi connectivity index (χ3n) is 6.14. The van der Waals surface area contributed by atoms with Gasteiger partial charge in [-0.2, -0.15) is 13.1 Å². The maximum Gasteiger partial charge on any atom is 0.340 e. The highest BCUT2D eigenvalue weighted by Gasteiger charge is 2.23. The van der Waals surface area contributed by atoms with Crippen molar-refractivity contribution in [2.75, 3.05) is 17.9 Å². The van der Waals surface area contributed by atoms with Gasteiger partial charge in [-0.15, -0.1) is 0 Å². The van der Waals surface area contributed by atoms with Crippen LogP contribution in [0.3, 0.4) is 0 Å². The second-order valence-electron chi connectivity index (χ2n) is 8.78. The molecule has 5 rings (SSSR count). The first kappa shape index (κ1) is 25.8. The summed E-state index contributed by atoms with van der Waals surface area (Å²) in [5, 5.41) is 0.577. The molecule has 198 valence electrons. The van der Waals surface area contributed by atoms with E-state index in [4.69, 9.17) is 13.9 Å². The highest BCUT2D eigenvalue weighted by Crippen LogP contribution is 2.29. The van der Waals surface area contributed by atoms with Crippen molar-refractivity contribution in [3.63, 3.8) is 0 Å². The normalized spacial score (nSPS) is 15.6. The Kier molecular flexibility index (Phi) is 7.11. The van der Waals surface area contributed by atoms with Gasteiger partial charge in [0, 0.05) is 42.3 Å². The van der Waals surface area contributed by atoms with Crippen LogP contribution >= 0.6 is 0 Å². The van der Waals surface area contributed by atoms with Crippen LogP contribution in [-0.4, -0.2) is 32.7 Å². The zero-order valence-corrected chi connectivity index (χ0v) is 21.0. The fourth-order valence-electron chi connectivity index (χ4n) is 4.21. The number of hydrogen-bond donors (Lipinski definition) is 2. The largest absolute Gasteiger partial charge is 0.436 e. The number of rotatable bonds is 8. The molecule has 0 bridgehead atoms. The summed E-state index contributed by atoms with van der Waals surface area (Å²) in [6, 6.07) is 11.2. The third-order valence-corrected chi connectivity index (χ3v) is 7.27. The van der Waals surface area contributed by atoms with Gasteiger partial charge in [-0.3, -0.25) is 4.72 Å². The minimum absolute atomic E-state index is 0.106. The molecule has 1 saturated heterocycles. The van der Waals surface area contributed by atoms with Gasteiger partial charge in [0.05, 0.1) is 12.3 Å². The molecular formula is C26H23F2N3O6S. The summed E-state index contributed by atoms with van der Waals surface area (Å²) in [7, 11) is -4.04. The van der Waals surface area contributed by atoms with Gasteiger partial charge < -0.3 is 13.9 Å². The Hall–Kier alpha value is -3.87. The molecule has 2 aromatic carbocycles. The molecule has 38 heavy (non-hydrogen) atoms. The van der Waals surface area contributed by atoms with Crippen LogP contribution in [0.2, 0.25) is 0 Å². The lowest BCUT2D eigenvalue weighted by atomic mass is 9.99. The molecule has 0 amide bonds. The summed E-state index contributed by atoms with van der Waals surface area (Å²) in [5.74, 6) is -1.45. The first-order valence-electron chi connectivity index (χ1n) is 11.7. The Balaban J connectivity index is 1.40. The molecule has 0 aliphatic carbocycles. The molecule has 9 nitrogen and oxygen atoms in total. The van der Waals surface area contributed by atoms with Crippen LogP contribution in [0.1, 0.15) is 23.1 Å². The quantitative estimate of drug-likeness (QED) is 0.320. The third kappa shape index (κ3) is 5.52. The zero-order chi connectivity index (χ0) is 26.9. The van der Waals surface area contributed by atoms with Crippen molar-refractivity contribution < 1.29 is 31.1 Å². The van der Waals surface area contributed by atoms with Gasteiger partial charge in [0.25, 0.3) is 16.1 Å². The number of ether oxygens (including phenoxy) is 2. The van der Waals surface area contributed by atoms with Gasteiger partial charge in [-0.1, -0.05) is 12.1 Å². The van der Waals surface area contributed by atoms with E-state index in [1.807, 2.05) is 0 Å². The van der Waals surface area contributed by atoms with Crippen LogP contribution in [0.4, 0.5) is 14.5 Å². The Labute approximate surface area is 216 Å². The van der Waals surface area contributed by atoms with Crippen molar-refractivity contribution in [3.8, 4) is 11.6 Å². The van der Waals surface area contributed by atoms with E-state index < -0.39 is 33.5 Å². The van der Waals surface area contributed by atoms with Crippen molar-refractivity contribution >= 4 is 26.9 Å². The number of benzene rings is 2. The van der Waals surface area contributed by atoms with Crippen molar-refractivity contribution in [2.24, 2.45) is 0 Å². The highest BCUT2D eigenvalue weighted by atomic mass is 32.2. The Morgan fingerprint density at radius 2 is 2.00 bits per heavy atom. The maximum atomic E-state index is 15.3. The second kappa shape index (κ2) is 10.5. The second-order valence-corrected chi connectivity index (χ2v) is 10.2. The van der Waals surface area contributed by atoms with Crippen LogP contribution < -0.4 is 19.8 Å². The highest BCUT2D eigenvalue weighted by molar-refractivity contribution is 7.90. The molecule has 4 aromatic rings. The van der Waals surface area contributed by atoms with Crippen LogP contribution in [0.5, 0.6) is 11.6 Å². The van der Waals surface area contributed by atoms with E-state index in [-0.39, 0.29) is 47.1 Å². The number of aryl methyl sites for hydroxylation is 1. The average molecular weight is 544 g/mol. The number of nitrogens with one attached hydrogen (secondary N) is 2. The van der Waals surface area contributed by atoms with Gasteiger partial charge in [-0.25, -0.2) is 18.6 Å². The number of nitrogens with zero attached hydrogens (tertiary/aromatic N) is 1. The zero-order valence-electron chi connectivity index (χ0n) is 20.2. The topological polar surface area (TPSA) is 120 Å². The fourth-order valence-corrected chi connectivity index (χ4v) is 5.34. The van der Waals surface area contributed by atoms with Crippen molar-refractivity contribution in [3.05, 3.63) is 93.5 Å². The number of anilines is 1. The molecular weight excluding hydrogens is 520 g/mol. The van der Waals surface area contributed by atoms with Gasteiger partial charge in [0.15, 0.2) is 11.6 Å². The minimum Gasteiger partial charge on any atom is -0.436 e. The SMILES string of the molecule is Cc1c(Cc2cccc(NS(=O)(=O)NC3CCOC3)c2F)c(=O)oc2cc(Oc3ncccc3F)ccc12. The monoisotopic (exact) mass is 543 g/mol. The number of halogens is 2. The van der Waals surface area contributed by atoms with E-state index in [0.717, 1.165) is 0 Å². The fraction of sp³-hybridized carbons (Fsp3) is 0.231. The molecule has 1 fully saturated rings. The average Bonchev–Trinajstić information content (AvgIpc) is 3.37. The van der Waals surface area contributed by atoms with Crippen LogP contribution in [0.25, 0.3) is 11.0 Å². The maximum absolute atomic E-state index is 15.3. The van der Waals surface area contributed by atoms with E-state index in [2.05, 4.69) is 14.4 Å². The molecule has 0 radical (unpaired) electrons. The summed E-state index contributed by atoms with van der Waals surface area (Å²) in [6.07, 6.45) is 1.77. The molecule has 1 aliphatic rings. The van der Waals surface area contributed by atoms with Crippen LogP contribution in [-0.2, 0) is 21.4 Å². The molecule has 0 saturated carbocycles. The summed E-state index contributed by atoms with van der Waals surface area (Å²) in [6.45, 7) is 2.39. The predicted molar refractivity (Wildman–Crippen MR) is 136 cm³/mol. The van der Waals surface area contributed by atoms with Gasteiger partial charge in [0.1, 0.15) is 11.3 Å². The summed E-state index contributed by atoms with van der Waals surface area (Å²) < 4.78 is 74.8. The lowest BCUT2D eigenvalue weighted by Crippen LogP contribution is -2.39. The van der Waals surface area contributed by atoms with Gasteiger partial charge in [-0.05, 0) is 54.8 Å². The van der Waals surface area contributed by atoms with Gasteiger partial charge >= 0.3 is 5.63 Å². The molecule has 1 aliphatic heterocycles. The van der Waals surface area contributed by atoms with Crippen molar-refractivity contribution in [2.45, 2.75) is 25.8 Å². The van der Waals surface area contributed by atoms with Crippen molar-refractivity contribution in [1.29, 1.82) is 0 Å². The summed E-state index contributed by atoms with van der Waals surface area (Å²) >= 11 is 0. The number of aromatic nitrogens is 1. The van der Waals surface area contributed by atoms with Crippen LogP contribution in [0, 0.1) is 18.6 Å². The first-order chi connectivity index (χ1) is 18.2. The van der Waals surface area contributed by atoms with E-state index in [9.17, 15) is 17.6 Å². The van der Waals surface area contributed by atoms with Gasteiger partial charge in [0.2, 0.25) is 0 Å². The van der Waals surface area contributed by atoms with E-state index in [1.165, 1.54) is 42.6 Å². The molecule has 2 aromatic heterocycles. The van der Waals surface area contributed by atoms with E-state index in [0.29, 0.717) is 24.0 Å². The Morgan fingerprint density at radius 3 is 2.76 bits per heavy atom. The van der Waals surface area contributed by atoms with E-state index in [1.54, 1.807) is 19.1 Å². The Bertz CT molecular complexity index is 1670. The number of hydrogen-bond acceptors (Lipinski definition) is 7. The molecule has 1 unspecified atom stereocenters. The first-order valence-corrected chi connectivity index (χ1v) is 13.2. The number of fused-ring (bicyclic) bond motifs is 1. The lowest BCUT2D eigenvalue weighted by molar-refractivity contribution is 0.192. The standard InChI is InChI=1S/C26H23F2N3O6S/c1-15-19-8-7-18(36-25-21(27)5-3-10-29-25)13-23(19)37-26(32)20(15)12-16-4-2-6-22(24(16)28)31-38(33,34)30-17-9-11-35-14-17/h2-8,10,13,17,30-31H,9,11-12,14H2,1H3.